The molecule has 0 radical (unpaired) electrons. The van der Waals surface area contributed by atoms with E-state index in [1.165, 1.54) is 36.4 Å². The van der Waals surface area contributed by atoms with Crippen LogP contribution in [0.5, 0.6) is 0 Å². The van der Waals surface area contributed by atoms with Crippen LogP contribution in [-0.2, 0) is 19.4 Å². The molecule has 1 N–H and O–H groups in total. The van der Waals surface area contributed by atoms with Crippen LogP contribution >= 0.6 is 0 Å². The number of halogens is 1. The first-order valence-corrected chi connectivity index (χ1v) is 9.10. The average molecular weight is 365 g/mol. The quantitative estimate of drug-likeness (QED) is 0.822. The van der Waals surface area contributed by atoms with Crippen LogP contribution < -0.4 is 5.32 Å². The van der Waals surface area contributed by atoms with Gasteiger partial charge in [0.15, 0.2) is 16.4 Å². The van der Waals surface area contributed by atoms with E-state index < -0.39 is 34.1 Å². The molecule has 2 aromatic rings. The molecule has 0 aliphatic heterocycles. The topological polar surface area (TPSA) is 89.5 Å². The summed E-state index contributed by atoms with van der Waals surface area (Å²) in [5, 5.41) is 2.28. The molecule has 0 bridgehead atoms. The molecule has 0 saturated carbocycles. The van der Waals surface area contributed by atoms with E-state index in [-0.39, 0.29) is 16.1 Å². The third-order valence-corrected chi connectivity index (χ3v) is 4.39. The van der Waals surface area contributed by atoms with Gasteiger partial charge in [0, 0.05) is 6.26 Å². The molecule has 25 heavy (non-hydrogen) atoms. The number of aryl methyl sites for hydroxylation is 1. The fourth-order valence-corrected chi connectivity index (χ4v) is 2.95. The van der Waals surface area contributed by atoms with Crippen molar-refractivity contribution >= 4 is 27.4 Å². The average Bonchev–Trinajstić information content (AvgIpc) is 2.54. The van der Waals surface area contributed by atoms with Gasteiger partial charge in [0.2, 0.25) is 0 Å². The van der Waals surface area contributed by atoms with Gasteiger partial charge in [0.1, 0.15) is 5.82 Å². The maximum Gasteiger partial charge on any atom is 0.339 e. The van der Waals surface area contributed by atoms with E-state index >= 15 is 0 Å². The number of hydrogen-bond donors (Lipinski definition) is 1. The number of carbonyl (C=O) groups is 2. The Morgan fingerprint density at radius 1 is 1.16 bits per heavy atom. The number of nitrogens with one attached hydrogen (secondary N) is 1. The summed E-state index contributed by atoms with van der Waals surface area (Å²) in [5.41, 5.74) is 0.488. The Morgan fingerprint density at radius 3 is 2.48 bits per heavy atom. The lowest BCUT2D eigenvalue weighted by molar-refractivity contribution is -0.119. The molecule has 0 spiro atoms. The monoisotopic (exact) mass is 365 g/mol. The minimum Gasteiger partial charge on any atom is -0.452 e. The Hall–Kier alpha value is -2.74. The third kappa shape index (κ3) is 4.87. The zero-order valence-electron chi connectivity index (χ0n) is 13.6. The highest BCUT2D eigenvalue weighted by molar-refractivity contribution is 7.90. The summed E-state index contributed by atoms with van der Waals surface area (Å²) in [6, 6.07) is 9.78. The summed E-state index contributed by atoms with van der Waals surface area (Å²) in [6.07, 6.45) is 0.964. The van der Waals surface area contributed by atoms with Crippen LogP contribution in [-0.4, -0.2) is 33.2 Å². The molecule has 0 atom stereocenters. The predicted molar refractivity (Wildman–Crippen MR) is 89.6 cm³/mol. The van der Waals surface area contributed by atoms with Crippen molar-refractivity contribution in [2.75, 3.05) is 18.2 Å². The van der Waals surface area contributed by atoms with Crippen LogP contribution in [0.3, 0.4) is 0 Å². The Kier molecular flexibility index (Phi) is 5.53. The van der Waals surface area contributed by atoms with Crippen LogP contribution in [0.1, 0.15) is 15.9 Å². The maximum absolute atomic E-state index is 13.7. The second-order valence-electron chi connectivity index (χ2n) is 5.38. The summed E-state index contributed by atoms with van der Waals surface area (Å²) in [4.78, 5) is 23.6. The van der Waals surface area contributed by atoms with Crippen LogP contribution in [0.2, 0.25) is 0 Å². The van der Waals surface area contributed by atoms with Crippen molar-refractivity contribution in [1.29, 1.82) is 0 Å². The zero-order chi connectivity index (χ0) is 18.6. The van der Waals surface area contributed by atoms with E-state index in [4.69, 9.17) is 4.74 Å². The Morgan fingerprint density at radius 2 is 1.84 bits per heavy atom. The number of sulfone groups is 1. The number of benzene rings is 2. The predicted octanol–water partition coefficient (Wildman–Crippen LogP) is 2.33. The van der Waals surface area contributed by atoms with Gasteiger partial charge in [0.25, 0.3) is 5.91 Å². The van der Waals surface area contributed by atoms with Gasteiger partial charge in [-0.25, -0.2) is 17.6 Å². The maximum atomic E-state index is 13.7. The number of ether oxygens (including phenoxy) is 1. The molecule has 0 fully saturated rings. The van der Waals surface area contributed by atoms with Gasteiger partial charge in [-0.15, -0.1) is 0 Å². The molecule has 8 heteroatoms. The van der Waals surface area contributed by atoms with Crippen LogP contribution in [0.25, 0.3) is 0 Å². The molecule has 0 aliphatic rings. The molecule has 1 amide bonds. The van der Waals surface area contributed by atoms with E-state index in [2.05, 4.69) is 5.32 Å². The number of amides is 1. The molecular formula is C17H16FNO5S. The molecule has 132 valence electrons. The lowest BCUT2D eigenvalue weighted by Crippen LogP contribution is -2.22. The second kappa shape index (κ2) is 7.43. The lowest BCUT2D eigenvalue weighted by atomic mass is 10.2. The van der Waals surface area contributed by atoms with Crippen LogP contribution in [0, 0.1) is 12.7 Å². The third-order valence-electron chi connectivity index (χ3n) is 3.24. The number of rotatable bonds is 5. The molecule has 2 aromatic carbocycles. The minimum absolute atomic E-state index is 0.0387. The summed E-state index contributed by atoms with van der Waals surface area (Å²) >= 11 is 0. The molecule has 0 saturated heterocycles. The van der Waals surface area contributed by atoms with E-state index in [0.717, 1.165) is 6.26 Å². The molecule has 6 nitrogen and oxygen atoms in total. The highest BCUT2D eigenvalue weighted by Gasteiger charge is 2.20. The van der Waals surface area contributed by atoms with Gasteiger partial charge in [0.05, 0.1) is 16.1 Å². The van der Waals surface area contributed by atoms with Crippen molar-refractivity contribution in [3.8, 4) is 0 Å². The van der Waals surface area contributed by atoms with Crippen molar-refractivity contribution in [2.24, 2.45) is 0 Å². The van der Waals surface area contributed by atoms with Crippen molar-refractivity contribution in [3.05, 3.63) is 59.4 Å². The normalized spacial score (nSPS) is 11.0. The second-order valence-corrected chi connectivity index (χ2v) is 7.36. The van der Waals surface area contributed by atoms with Crippen molar-refractivity contribution in [2.45, 2.75) is 11.8 Å². The molecule has 0 heterocycles. The Labute approximate surface area is 144 Å². The first kappa shape index (κ1) is 18.6. The largest absolute Gasteiger partial charge is 0.452 e. The first-order valence-electron chi connectivity index (χ1n) is 7.20. The number of carbonyl (C=O) groups excluding carboxylic acids is 2. The zero-order valence-corrected chi connectivity index (χ0v) is 14.4. The Balaban J connectivity index is 2.04. The van der Waals surface area contributed by atoms with Crippen LogP contribution in [0.4, 0.5) is 10.1 Å². The van der Waals surface area contributed by atoms with E-state index in [9.17, 15) is 22.4 Å². The van der Waals surface area contributed by atoms with Crippen molar-refractivity contribution in [3.63, 3.8) is 0 Å². The highest BCUT2D eigenvalue weighted by atomic mass is 32.2. The summed E-state index contributed by atoms with van der Waals surface area (Å²) < 4.78 is 41.8. The number of esters is 1. The fraction of sp³-hybridized carbons (Fsp3) is 0.176. The fourth-order valence-electron chi connectivity index (χ4n) is 2.08. The molecule has 2 rings (SSSR count). The Bertz CT molecular complexity index is 924. The summed E-state index contributed by atoms with van der Waals surface area (Å²) in [5.74, 6) is -2.31. The number of hydrogen-bond acceptors (Lipinski definition) is 5. The molecular weight excluding hydrogens is 349 g/mol. The lowest BCUT2D eigenvalue weighted by Gasteiger charge is -2.09. The standard InChI is InChI=1S/C17H16FNO5S/c1-11-7-8-14(13(18)9-11)19-16(20)10-24-17(21)12-5-3-4-6-15(12)25(2,22)23/h3-9H,10H2,1-2H3,(H,19,20). The van der Waals surface area contributed by atoms with Gasteiger partial charge >= 0.3 is 5.97 Å². The van der Waals surface area contributed by atoms with E-state index in [1.807, 2.05) is 0 Å². The molecule has 0 unspecified atom stereocenters. The van der Waals surface area contributed by atoms with E-state index in [0.29, 0.717) is 5.56 Å². The van der Waals surface area contributed by atoms with E-state index in [1.54, 1.807) is 13.0 Å². The van der Waals surface area contributed by atoms with Gasteiger partial charge in [-0.3, -0.25) is 4.79 Å². The van der Waals surface area contributed by atoms with Crippen molar-refractivity contribution in [1.82, 2.24) is 0 Å². The molecule has 0 aliphatic carbocycles. The number of anilines is 1. The summed E-state index contributed by atoms with van der Waals surface area (Å²) in [6.45, 7) is 1.03. The minimum atomic E-state index is -3.63. The van der Waals surface area contributed by atoms with Gasteiger partial charge in [-0.1, -0.05) is 18.2 Å². The SMILES string of the molecule is Cc1ccc(NC(=O)COC(=O)c2ccccc2S(C)(=O)=O)c(F)c1. The van der Waals surface area contributed by atoms with Gasteiger partial charge < -0.3 is 10.1 Å². The first-order chi connectivity index (χ1) is 11.7. The smallest absolute Gasteiger partial charge is 0.339 e. The van der Waals surface area contributed by atoms with Crippen LogP contribution in [0.15, 0.2) is 47.4 Å². The van der Waals surface area contributed by atoms with Crippen molar-refractivity contribution < 1.29 is 27.1 Å². The highest BCUT2D eigenvalue weighted by Crippen LogP contribution is 2.17. The summed E-state index contributed by atoms with van der Waals surface area (Å²) in [7, 11) is -3.63. The van der Waals surface area contributed by atoms with Gasteiger partial charge in [-0.2, -0.15) is 0 Å². The van der Waals surface area contributed by atoms with Gasteiger partial charge in [-0.05, 0) is 36.8 Å². The molecule has 0 aromatic heterocycles.